The summed E-state index contributed by atoms with van der Waals surface area (Å²) in [4.78, 5) is 22.8. The van der Waals surface area contributed by atoms with E-state index in [1.54, 1.807) is 13.0 Å². The minimum Gasteiger partial charge on any atom is -0.481 e. The number of nitrogens with one attached hydrogen (secondary N) is 2. The number of hydrogen-bond acceptors (Lipinski definition) is 3. The van der Waals surface area contributed by atoms with E-state index in [2.05, 4.69) is 10.6 Å². The topological polar surface area (TPSA) is 102 Å². The van der Waals surface area contributed by atoms with Gasteiger partial charge in [-0.15, -0.1) is 0 Å². The highest BCUT2D eigenvalue weighted by Gasteiger charge is 2.31. The molecule has 0 aromatic heterocycles. The summed E-state index contributed by atoms with van der Waals surface area (Å²) in [5.41, 5.74) is -0.926. The molecule has 112 valence electrons. The Morgan fingerprint density at radius 1 is 1.48 bits per heavy atom. The largest absolute Gasteiger partial charge is 0.481 e. The Morgan fingerprint density at radius 2 is 2.14 bits per heavy atom. The predicted octanol–water partition coefficient (Wildman–Crippen LogP) is 2.32. The number of rotatable bonds is 5. The number of carbonyl (C=O) groups is 2. The molecule has 1 unspecified atom stereocenters. The molecule has 3 N–H and O–H groups in total. The number of aliphatic carboxylic acids is 1. The van der Waals surface area contributed by atoms with Crippen LogP contribution in [0.1, 0.15) is 25.8 Å². The third-order valence-corrected chi connectivity index (χ3v) is 3.29. The molecule has 2 amide bonds. The SMILES string of the molecule is CCC(C)(CNC(=O)Nc1ccc(F)cc1C#N)C(=O)O. The van der Waals surface area contributed by atoms with Crippen LogP contribution in [-0.2, 0) is 4.79 Å². The number of halogens is 1. The van der Waals surface area contributed by atoms with Crippen LogP contribution in [0.5, 0.6) is 0 Å². The molecule has 1 atom stereocenters. The Balaban J connectivity index is 2.71. The third kappa shape index (κ3) is 4.18. The Labute approximate surface area is 121 Å². The van der Waals surface area contributed by atoms with Gasteiger partial charge in [0.2, 0.25) is 0 Å². The van der Waals surface area contributed by atoms with E-state index < -0.39 is 23.2 Å². The Hall–Kier alpha value is -2.62. The number of nitrogens with zero attached hydrogens (tertiary/aromatic N) is 1. The molecule has 6 nitrogen and oxygen atoms in total. The first-order chi connectivity index (χ1) is 9.82. The lowest BCUT2D eigenvalue weighted by Gasteiger charge is -2.23. The van der Waals surface area contributed by atoms with Crippen molar-refractivity contribution in [3.8, 4) is 6.07 Å². The number of anilines is 1. The van der Waals surface area contributed by atoms with E-state index in [9.17, 15) is 14.0 Å². The maximum absolute atomic E-state index is 13.0. The van der Waals surface area contributed by atoms with Crippen molar-refractivity contribution in [2.24, 2.45) is 5.41 Å². The van der Waals surface area contributed by atoms with Crippen LogP contribution in [0.15, 0.2) is 18.2 Å². The average Bonchev–Trinajstić information content (AvgIpc) is 2.46. The van der Waals surface area contributed by atoms with Crippen molar-refractivity contribution >= 4 is 17.7 Å². The quantitative estimate of drug-likeness (QED) is 0.775. The Bertz CT molecular complexity index is 598. The predicted molar refractivity (Wildman–Crippen MR) is 74.2 cm³/mol. The van der Waals surface area contributed by atoms with E-state index in [-0.39, 0.29) is 17.8 Å². The number of carbonyl (C=O) groups excluding carboxylic acids is 1. The molecule has 0 fully saturated rings. The summed E-state index contributed by atoms with van der Waals surface area (Å²) in [6.45, 7) is 3.17. The van der Waals surface area contributed by atoms with Gasteiger partial charge < -0.3 is 15.7 Å². The number of urea groups is 1. The van der Waals surface area contributed by atoms with Crippen LogP contribution < -0.4 is 10.6 Å². The van der Waals surface area contributed by atoms with Gasteiger partial charge in [-0.2, -0.15) is 5.26 Å². The second-order valence-electron chi connectivity index (χ2n) is 4.83. The number of amides is 2. The lowest BCUT2D eigenvalue weighted by atomic mass is 9.88. The Kier molecular flexibility index (Phi) is 5.24. The number of hydrogen-bond donors (Lipinski definition) is 3. The molecule has 1 rings (SSSR count). The van der Waals surface area contributed by atoms with Crippen molar-refractivity contribution in [3.63, 3.8) is 0 Å². The van der Waals surface area contributed by atoms with Crippen molar-refractivity contribution < 1.29 is 19.1 Å². The number of carboxylic acids is 1. The number of benzene rings is 1. The Morgan fingerprint density at radius 3 is 2.67 bits per heavy atom. The van der Waals surface area contributed by atoms with E-state index in [0.29, 0.717) is 6.42 Å². The molecule has 0 heterocycles. The second-order valence-corrected chi connectivity index (χ2v) is 4.83. The van der Waals surface area contributed by atoms with Gasteiger partial charge in [0, 0.05) is 6.54 Å². The third-order valence-electron chi connectivity index (χ3n) is 3.29. The molecule has 0 radical (unpaired) electrons. The van der Waals surface area contributed by atoms with E-state index >= 15 is 0 Å². The highest BCUT2D eigenvalue weighted by Crippen LogP contribution is 2.20. The molecule has 0 saturated heterocycles. The van der Waals surface area contributed by atoms with Gasteiger partial charge >= 0.3 is 12.0 Å². The first-order valence-electron chi connectivity index (χ1n) is 6.30. The summed E-state index contributed by atoms with van der Waals surface area (Å²) in [6.07, 6.45) is 0.350. The van der Waals surface area contributed by atoms with Gasteiger partial charge in [0.25, 0.3) is 0 Å². The van der Waals surface area contributed by atoms with Crippen molar-refractivity contribution in [3.05, 3.63) is 29.6 Å². The lowest BCUT2D eigenvalue weighted by molar-refractivity contribution is -0.147. The molecule has 0 saturated carbocycles. The van der Waals surface area contributed by atoms with Crippen LogP contribution in [0.3, 0.4) is 0 Å². The molecule has 1 aromatic carbocycles. The van der Waals surface area contributed by atoms with Crippen molar-refractivity contribution in [2.45, 2.75) is 20.3 Å². The van der Waals surface area contributed by atoms with Crippen molar-refractivity contribution in [1.29, 1.82) is 5.26 Å². The number of carboxylic acid groups (broad SMARTS) is 1. The summed E-state index contributed by atoms with van der Waals surface area (Å²) in [7, 11) is 0. The van der Waals surface area contributed by atoms with Gasteiger partial charge in [0.15, 0.2) is 0 Å². The van der Waals surface area contributed by atoms with Gasteiger partial charge in [0.05, 0.1) is 16.7 Å². The molecule has 0 aliphatic carbocycles. The molecule has 7 heteroatoms. The van der Waals surface area contributed by atoms with Crippen LogP contribution >= 0.6 is 0 Å². The van der Waals surface area contributed by atoms with E-state index in [0.717, 1.165) is 12.1 Å². The molecule has 0 aliphatic rings. The fourth-order valence-electron chi connectivity index (χ4n) is 1.51. The monoisotopic (exact) mass is 293 g/mol. The summed E-state index contributed by atoms with van der Waals surface area (Å²) >= 11 is 0. The van der Waals surface area contributed by atoms with Crippen molar-refractivity contribution in [2.75, 3.05) is 11.9 Å². The molecule has 0 bridgehead atoms. The molecule has 21 heavy (non-hydrogen) atoms. The lowest BCUT2D eigenvalue weighted by Crippen LogP contribution is -2.42. The first-order valence-corrected chi connectivity index (χ1v) is 6.30. The van der Waals surface area contributed by atoms with Crippen LogP contribution in [-0.4, -0.2) is 23.7 Å². The fourth-order valence-corrected chi connectivity index (χ4v) is 1.51. The van der Waals surface area contributed by atoms with Gasteiger partial charge in [-0.25, -0.2) is 9.18 Å². The summed E-state index contributed by atoms with van der Waals surface area (Å²) < 4.78 is 13.0. The molecule has 0 spiro atoms. The highest BCUT2D eigenvalue weighted by atomic mass is 19.1. The fraction of sp³-hybridized carbons (Fsp3) is 0.357. The first kappa shape index (κ1) is 16.4. The highest BCUT2D eigenvalue weighted by molar-refractivity contribution is 5.91. The van der Waals surface area contributed by atoms with Crippen LogP contribution in [0, 0.1) is 22.6 Å². The molecular formula is C14H16FN3O3. The smallest absolute Gasteiger partial charge is 0.319 e. The second kappa shape index (κ2) is 6.70. The minimum atomic E-state index is -1.07. The van der Waals surface area contributed by atoms with E-state index in [1.807, 2.05) is 0 Å². The normalized spacial score (nSPS) is 12.9. The van der Waals surface area contributed by atoms with Gasteiger partial charge in [-0.05, 0) is 31.5 Å². The zero-order chi connectivity index (χ0) is 16.0. The van der Waals surface area contributed by atoms with Crippen LogP contribution in [0.2, 0.25) is 0 Å². The number of nitriles is 1. The van der Waals surface area contributed by atoms with Gasteiger partial charge in [-0.1, -0.05) is 6.92 Å². The van der Waals surface area contributed by atoms with Gasteiger partial charge in [0.1, 0.15) is 11.9 Å². The van der Waals surface area contributed by atoms with Crippen molar-refractivity contribution in [1.82, 2.24) is 5.32 Å². The molecule has 0 aliphatic heterocycles. The summed E-state index contributed by atoms with van der Waals surface area (Å²) in [6, 6.07) is 4.50. The summed E-state index contributed by atoms with van der Waals surface area (Å²) in [5, 5.41) is 22.8. The average molecular weight is 293 g/mol. The maximum atomic E-state index is 13.0. The zero-order valence-corrected chi connectivity index (χ0v) is 11.7. The molecular weight excluding hydrogens is 277 g/mol. The standard InChI is InChI=1S/C14H16FN3O3/c1-3-14(2,12(19)20)8-17-13(21)18-11-5-4-10(15)6-9(11)7-16/h4-6H,3,8H2,1-2H3,(H,19,20)(H2,17,18,21). The van der Waals surface area contributed by atoms with Gasteiger partial charge in [-0.3, -0.25) is 4.79 Å². The minimum absolute atomic E-state index is 0.0124. The van der Waals surface area contributed by atoms with Crippen LogP contribution in [0.25, 0.3) is 0 Å². The van der Waals surface area contributed by atoms with Crippen LogP contribution in [0.4, 0.5) is 14.9 Å². The molecule has 1 aromatic rings. The summed E-state index contributed by atoms with van der Waals surface area (Å²) in [5.74, 6) is -1.59. The van der Waals surface area contributed by atoms with E-state index in [1.165, 1.54) is 13.0 Å². The maximum Gasteiger partial charge on any atom is 0.319 e. The van der Waals surface area contributed by atoms with E-state index in [4.69, 9.17) is 10.4 Å². The zero-order valence-electron chi connectivity index (χ0n) is 11.7.